The molecule has 0 radical (unpaired) electrons. The molecule has 150 valence electrons. The molecule has 29 heavy (non-hydrogen) atoms. The van der Waals surface area contributed by atoms with E-state index in [2.05, 4.69) is 31.6 Å². The monoisotopic (exact) mass is 410 g/mol. The molecule has 0 aliphatic carbocycles. The number of halogens is 1. The van der Waals surface area contributed by atoms with Gasteiger partial charge in [0.25, 0.3) is 0 Å². The molecule has 2 N–H and O–H groups in total. The van der Waals surface area contributed by atoms with E-state index in [1.165, 1.54) is 12.1 Å². The molecular formula is C21H23FN6S. The molecule has 2 aromatic heterocycles. The van der Waals surface area contributed by atoms with Gasteiger partial charge in [0.2, 0.25) is 0 Å². The average Bonchev–Trinajstić information content (AvgIpc) is 2.75. The Bertz CT molecular complexity index is 932. The summed E-state index contributed by atoms with van der Waals surface area (Å²) >= 11 is 1.98. The maximum Gasteiger partial charge on any atom is 0.150 e. The summed E-state index contributed by atoms with van der Waals surface area (Å²) in [5, 5.41) is 6.68. The van der Waals surface area contributed by atoms with Crippen LogP contribution in [-0.2, 0) is 0 Å². The van der Waals surface area contributed by atoms with Gasteiger partial charge in [0.15, 0.2) is 0 Å². The fourth-order valence-electron chi connectivity index (χ4n) is 3.21. The van der Waals surface area contributed by atoms with Crippen LogP contribution in [-0.4, -0.2) is 39.5 Å². The maximum atomic E-state index is 13.2. The first kappa shape index (κ1) is 19.4. The molecule has 0 saturated carbocycles. The fraction of sp³-hybridized carbons (Fsp3) is 0.286. The van der Waals surface area contributed by atoms with Gasteiger partial charge in [0.05, 0.1) is 6.20 Å². The largest absolute Gasteiger partial charge is 0.370 e. The van der Waals surface area contributed by atoms with Crippen molar-refractivity contribution in [1.82, 2.24) is 15.0 Å². The lowest BCUT2D eigenvalue weighted by Crippen LogP contribution is -2.32. The van der Waals surface area contributed by atoms with E-state index in [1.807, 2.05) is 24.8 Å². The molecular weight excluding hydrogens is 387 g/mol. The van der Waals surface area contributed by atoms with Crippen molar-refractivity contribution in [2.45, 2.75) is 13.0 Å². The summed E-state index contributed by atoms with van der Waals surface area (Å²) in [4.78, 5) is 15.5. The highest BCUT2D eigenvalue weighted by molar-refractivity contribution is 7.99. The number of nitrogens with zero attached hydrogens (tertiary/aromatic N) is 4. The number of hydrogen-bond acceptors (Lipinski definition) is 7. The summed E-state index contributed by atoms with van der Waals surface area (Å²) < 4.78 is 13.2. The van der Waals surface area contributed by atoms with Gasteiger partial charge in [0, 0.05) is 60.9 Å². The first-order valence-electron chi connectivity index (χ1n) is 9.57. The first-order chi connectivity index (χ1) is 14.2. The molecule has 1 saturated heterocycles. The second kappa shape index (κ2) is 9.09. The molecule has 3 aromatic rings. The van der Waals surface area contributed by atoms with Gasteiger partial charge >= 0.3 is 0 Å². The summed E-state index contributed by atoms with van der Waals surface area (Å²) in [5.74, 6) is 4.09. The molecule has 0 amide bonds. The lowest BCUT2D eigenvalue weighted by Gasteiger charge is -2.29. The molecule has 1 aliphatic heterocycles. The topological polar surface area (TPSA) is 66.0 Å². The Morgan fingerprint density at radius 3 is 2.52 bits per heavy atom. The standard InChI is InChI=1S/C21H23FN6S/c1-15(16-2-4-17(22)5-3-16)25-19-12-18(28-8-10-29-11-9-28)13-20(26-19)27-21-14-23-6-7-24-21/h2-7,12-15H,8-11H2,1H3,(H2,24,25,26,27). The van der Waals surface area contributed by atoms with E-state index >= 15 is 0 Å². The highest BCUT2D eigenvalue weighted by atomic mass is 32.2. The number of benzene rings is 1. The van der Waals surface area contributed by atoms with Crippen molar-refractivity contribution in [2.75, 3.05) is 40.1 Å². The summed E-state index contributed by atoms with van der Waals surface area (Å²) in [6.45, 7) is 4.05. The molecule has 8 heteroatoms. The predicted molar refractivity (Wildman–Crippen MR) is 118 cm³/mol. The van der Waals surface area contributed by atoms with E-state index in [0.29, 0.717) is 11.6 Å². The third-order valence-electron chi connectivity index (χ3n) is 4.74. The summed E-state index contributed by atoms with van der Waals surface area (Å²) in [5.41, 5.74) is 2.11. The molecule has 3 heterocycles. The molecule has 0 bridgehead atoms. The van der Waals surface area contributed by atoms with E-state index < -0.39 is 0 Å². The molecule has 1 unspecified atom stereocenters. The zero-order chi connectivity index (χ0) is 20.1. The number of anilines is 4. The number of nitrogens with one attached hydrogen (secondary N) is 2. The summed E-state index contributed by atoms with van der Waals surface area (Å²) in [6, 6.07) is 10.6. The van der Waals surface area contributed by atoms with Crippen molar-refractivity contribution >= 4 is 34.9 Å². The zero-order valence-electron chi connectivity index (χ0n) is 16.2. The molecule has 4 rings (SSSR count). The minimum absolute atomic E-state index is 0.0142. The van der Waals surface area contributed by atoms with Crippen LogP contribution in [0.5, 0.6) is 0 Å². The van der Waals surface area contributed by atoms with Crippen molar-refractivity contribution in [2.24, 2.45) is 0 Å². The van der Waals surface area contributed by atoms with Crippen LogP contribution in [0.15, 0.2) is 55.0 Å². The highest BCUT2D eigenvalue weighted by Gasteiger charge is 2.15. The Morgan fingerprint density at radius 1 is 1.03 bits per heavy atom. The summed E-state index contributed by atoms with van der Waals surface area (Å²) in [7, 11) is 0. The highest BCUT2D eigenvalue weighted by Crippen LogP contribution is 2.28. The van der Waals surface area contributed by atoms with Gasteiger partial charge in [-0.2, -0.15) is 11.8 Å². The molecule has 1 aromatic carbocycles. The molecule has 0 spiro atoms. The van der Waals surface area contributed by atoms with Crippen LogP contribution in [0.4, 0.5) is 27.5 Å². The summed E-state index contributed by atoms with van der Waals surface area (Å²) in [6.07, 6.45) is 4.95. The Balaban J connectivity index is 1.60. The quantitative estimate of drug-likeness (QED) is 0.621. The molecule has 1 atom stereocenters. The van der Waals surface area contributed by atoms with Crippen LogP contribution in [0.2, 0.25) is 0 Å². The van der Waals surface area contributed by atoms with Gasteiger partial charge in [-0.3, -0.25) is 4.98 Å². The van der Waals surface area contributed by atoms with Crippen LogP contribution in [0.1, 0.15) is 18.5 Å². The van der Waals surface area contributed by atoms with Gasteiger partial charge in [-0.1, -0.05) is 12.1 Å². The van der Waals surface area contributed by atoms with E-state index in [0.717, 1.165) is 41.7 Å². The van der Waals surface area contributed by atoms with Crippen molar-refractivity contribution in [1.29, 1.82) is 0 Å². The van der Waals surface area contributed by atoms with Crippen molar-refractivity contribution in [3.05, 3.63) is 66.4 Å². The Kier molecular flexibility index (Phi) is 6.09. The average molecular weight is 411 g/mol. The second-order valence-corrected chi connectivity index (χ2v) is 8.05. The third-order valence-corrected chi connectivity index (χ3v) is 5.68. The number of rotatable bonds is 6. The molecule has 1 fully saturated rings. The number of pyridine rings is 1. The van der Waals surface area contributed by atoms with E-state index in [9.17, 15) is 4.39 Å². The fourth-order valence-corrected chi connectivity index (χ4v) is 4.11. The van der Waals surface area contributed by atoms with Crippen LogP contribution in [0, 0.1) is 5.82 Å². The minimum Gasteiger partial charge on any atom is -0.370 e. The van der Waals surface area contributed by atoms with Crippen molar-refractivity contribution < 1.29 is 4.39 Å². The Hall–Kier alpha value is -2.87. The zero-order valence-corrected chi connectivity index (χ0v) is 17.0. The maximum absolute atomic E-state index is 13.2. The predicted octanol–water partition coefficient (Wildman–Crippen LogP) is 4.48. The third kappa shape index (κ3) is 5.14. The van der Waals surface area contributed by atoms with Crippen molar-refractivity contribution in [3.63, 3.8) is 0 Å². The smallest absolute Gasteiger partial charge is 0.150 e. The molecule has 6 nitrogen and oxygen atoms in total. The van der Waals surface area contributed by atoms with E-state index in [-0.39, 0.29) is 11.9 Å². The van der Waals surface area contributed by atoms with Gasteiger partial charge < -0.3 is 15.5 Å². The van der Waals surface area contributed by atoms with Crippen LogP contribution in [0.25, 0.3) is 0 Å². The first-order valence-corrected chi connectivity index (χ1v) is 10.7. The molecule has 1 aliphatic rings. The van der Waals surface area contributed by atoms with Gasteiger partial charge in [0.1, 0.15) is 23.3 Å². The number of hydrogen-bond donors (Lipinski definition) is 2. The Morgan fingerprint density at radius 2 is 1.79 bits per heavy atom. The van der Waals surface area contributed by atoms with E-state index in [1.54, 1.807) is 30.7 Å². The van der Waals surface area contributed by atoms with Gasteiger partial charge in [-0.25, -0.2) is 14.4 Å². The van der Waals surface area contributed by atoms with Crippen molar-refractivity contribution in [3.8, 4) is 0 Å². The van der Waals surface area contributed by atoms with Crippen LogP contribution >= 0.6 is 11.8 Å². The van der Waals surface area contributed by atoms with Crippen LogP contribution < -0.4 is 15.5 Å². The lowest BCUT2D eigenvalue weighted by molar-refractivity contribution is 0.626. The minimum atomic E-state index is -0.237. The number of aromatic nitrogens is 3. The lowest BCUT2D eigenvalue weighted by atomic mass is 10.1. The second-order valence-electron chi connectivity index (χ2n) is 6.83. The SMILES string of the molecule is CC(Nc1cc(N2CCSCC2)cc(Nc2cnccn2)n1)c1ccc(F)cc1. The van der Waals surface area contributed by atoms with Gasteiger partial charge in [-0.15, -0.1) is 0 Å². The normalized spacial score (nSPS) is 15.0. The Labute approximate surface area is 174 Å². The van der Waals surface area contributed by atoms with Crippen LogP contribution in [0.3, 0.4) is 0 Å². The number of thioether (sulfide) groups is 1. The van der Waals surface area contributed by atoms with E-state index in [4.69, 9.17) is 4.98 Å². The van der Waals surface area contributed by atoms with Gasteiger partial charge in [-0.05, 0) is 24.6 Å².